The second-order valence-corrected chi connectivity index (χ2v) is 10.1. The molecule has 2 heterocycles. The molecule has 0 N–H and O–H groups in total. The molecule has 4 rings (SSSR count). The van der Waals surface area contributed by atoms with E-state index in [1.165, 1.54) is 10.4 Å². The van der Waals surface area contributed by atoms with E-state index in [-0.39, 0.29) is 10.8 Å². The molecule has 0 radical (unpaired) electrons. The lowest BCUT2D eigenvalue weighted by atomic mass is 10.2. The molecule has 8 heteroatoms. The van der Waals surface area contributed by atoms with E-state index in [4.69, 9.17) is 0 Å². The first-order chi connectivity index (χ1) is 15.4. The van der Waals surface area contributed by atoms with Crippen LogP contribution in [0, 0.1) is 0 Å². The van der Waals surface area contributed by atoms with E-state index in [9.17, 15) is 13.2 Å². The van der Waals surface area contributed by atoms with Crippen LogP contribution in [0.4, 0.5) is 0 Å². The van der Waals surface area contributed by atoms with Gasteiger partial charge in [-0.3, -0.25) is 9.48 Å². The van der Waals surface area contributed by atoms with Crippen molar-refractivity contribution in [3.05, 3.63) is 83.7 Å². The summed E-state index contributed by atoms with van der Waals surface area (Å²) in [4.78, 5) is 14.7. The van der Waals surface area contributed by atoms with Crippen molar-refractivity contribution in [1.82, 2.24) is 19.0 Å². The Kier molecular flexibility index (Phi) is 6.72. The fraction of sp³-hybridized carbons (Fsp3) is 0.333. The molecule has 2 aromatic carbocycles. The SMILES string of the molecule is CN(Cc1cnn(Cc2ccccc2)c1)C(=O)c1cccc(S(=O)(=O)N2CCCCC2)c1. The standard InChI is InChI=1S/C24H28N4O3S/c1-26(17-21-16-25-27(19-21)18-20-9-4-2-5-10-20)24(29)22-11-8-12-23(15-22)32(30,31)28-13-6-3-7-14-28/h2,4-5,8-12,15-16,19H,3,6-7,13-14,17-18H2,1H3. The number of hydrogen-bond acceptors (Lipinski definition) is 4. The van der Waals surface area contributed by atoms with Crippen molar-refractivity contribution in [2.75, 3.05) is 20.1 Å². The van der Waals surface area contributed by atoms with Crippen molar-refractivity contribution in [2.45, 2.75) is 37.2 Å². The predicted molar refractivity (Wildman–Crippen MR) is 123 cm³/mol. The lowest BCUT2D eigenvalue weighted by Crippen LogP contribution is -2.35. The molecule has 32 heavy (non-hydrogen) atoms. The third kappa shape index (κ3) is 5.08. The molecule has 168 valence electrons. The Morgan fingerprint density at radius 3 is 2.50 bits per heavy atom. The molecule has 0 bridgehead atoms. The van der Waals surface area contributed by atoms with Crippen molar-refractivity contribution in [2.24, 2.45) is 0 Å². The number of amides is 1. The maximum atomic E-state index is 13.0. The quantitative estimate of drug-likeness (QED) is 0.551. The van der Waals surface area contributed by atoms with Crippen LogP contribution in [-0.4, -0.2) is 53.4 Å². The van der Waals surface area contributed by atoms with Gasteiger partial charge in [0, 0.05) is 44.0 Å². The number of hydrogen-bond donors (Lipinski definition) is 0. The molecule has 1 aliphatic heterocycles. The van der Waals surface area contributed by atoms with Gasteiger partial charge in [-0.1, -0.05) is 42.8 Å². The highest BCUT2D eigenvalue weighted by molar-refractivity contribution is 7.89. The number of piperidine rings is 1. The maximum absolute atomic E-state index is 13.0. The summed E-state index contributed by atoms with van der Waals surface area (Å²) >= 11 is 0. The van der Waals surface area contributed by atoms with Gasteiger partial charge in [-0.05, 0) is 36.6 Å². The van der Waals surface area contributed by atoms with Crippen LogP contribution in [-0.2, 0) is 23.1 Å². The molecule has 0 spiro atoms. The van der Waals surface area contributed by atoms with Gasteiger partial charge in [0.1, 0.15) is 0 Å². The molecule has 0 saturated carbocycles. The zero-order valence-corrected chi connectivity index (χ0v) is 19.0. The minimum atomic E-state index is -3.58. The Bertz CT molecular complexity index is 1170. The van der Waals surface area contributed by atoms with Gasteiger partial charge < -0.3 is 4.90 Å². The molecule has 1 amide bonds. The lowest BCUT2D eigenvalue weighted by molar-refractivity contribution is 0.0785. The smallest absolute Gasteiger partial charge is 0.253 e. The number of rotatable bonds is 7. The van der Waals surface area contributed by atoms with E-state index in [0.717, 1.165) is 30.4 Å². The van der Waals surface area contributed by atoms with E-state index >= 15 is 0 Å². The molecule has 1 aromatic heterocycles. The number of sulfonamides is 1. The minimum Gasteiger partial charge on any atom is -0.337 e. The van der Waals surface area contributed by atoms with Crippen LogP contribution >= 0.6 is 0 Å². The number of benzene rings is 2. The van der Waals surface area contributed by atoms with Gasteiger partial charge in [0.2, 0.25) is 10.0 Å². The van der Waals surface area contributed by atoms with Crippen LogP contribution in [0.1, 0.15) is 40.7 Å². The fourth-order valence-corrected chi connectivity index (χ4v) is 5.52. The largest absolute Gasteiger partial charge is 0.337 e. The van der Waals surface area contributed by atoms with Crippen LogP contribution in [0.25, 0.3) is 0 Å². The van der Waals surface area contributed by atoms with Gasteiger partial charge in [-0.2, -0.15) is 9.40 Å². The highest BCUT2D eigenvalue weighted by Crippen LogP contribution is 2.22. The van der Waals surface area contributed by atoms with Crippen LogP contribution in [0.3, 0.4) is 0 Å². The zero-order valence-electron chi connectivity index (χ0n) is 18.2. The van der Waals surface area contributed by atoms with E-state index in [1.54, 1.807) is 36.3 Å². The van der Waals surface area contributed by atoms with E-state index in [0.29, 0.717) is 31.7 Å². The van der Waals surface area contributed by atoms with Gasteiger partial charge in [0.05, 0.1) is 17.6 Å². The molecule has 0 unspecified atom stereocenters. The van der Waals surface area contributed by atoms with Crippen molar-refractivity contribution >= 4 is 15.9 Å². The van der Waals surface area contributed by atoms with Crippen LogP contribution in [0.15, 0.2) is 71.9 Å². The van der Waals surface area contributed by atoms with Crippen LogP contribution < -0.4 is 0 Å². The fourth-order valence-electron chi connectivity index (χ4n) is 3.95. The Hall–Kier alpha value is -2.97. The average Bonchev–Trinajstić information content (AvgIpc) is 3.26. The van der Waals surface area contributed by atoms with Crippen molar-refractivity contribution in [3.8, 4) is 0 Å². The number of aromatic nitrogens is 2. The summed E-state index contributed by atoms with van der Waals surface area (Å²) in [5.41, 5.74) is 2.43. The summed E-state index contributed by atoms with van der Waals surface area (Å²) in [5, 5.41) is 4.39. The third-order valence-electron chi connectivity index (χ3n) is 5.67. The van der Waals surface area contributed by atoms with Crippen LogP contribution in [0.2, 0.25) is 0 Å². The highest BCUT2D eigenvalue weighted by Gasteiger charge is 2.26. The van der Waals surface area contributed by atoms with E-state index in [2.05, 4.69) is 5.10 Å². The van der Waals surface area contributed by atoms with Gasteiger partial charge in [-0.15, -0.1) is 0 Å². The summed E-state index contributed by atoms with van der Waals surface area (Å²) in [6.45, 7) is 2.12. The predicted octanol–water partition coefficient (Wildman–Crippen LogP) is 3.38. The Morgan fingerprint density at radius 2 is 1.75 bits per heavy atom. The normalized spacial score (nSPS) is 14.9. The average molecular weight is 453 g/mol. The Labute approximate surface area is 189 Å². The first-order valence-corrected chi connectivity index (χ1v) is 12.3. The lowest BCUT2D eigenvalue weighted by Gasteiger charge is -2.26. The molecule has 0 atom stereocenters. The zero-order chi connectivity index (χ0) is 22.6. The monoisotopic (exact) mass is 452 g/mol. The number of nitrogens with zero attached hydrogens (tertiary/aromatic N) is 4. The van der Waals surface area contributed by atoms with Crippen molar-refractivity contribution in [3.63, 3.8) is 0 Å². The van der Waals surface area contributed by atoms with Crippen molar-refractivity contribution < 1.29 is 13.2 Å². The Morgan fingerprint density at radius 1 is 1.00 bits per heavy atom. The van der Waals surface area contributed by atoms with Gasteiger partial charge in [-0.25, -0.2) is 8.42 Å². The summed E-state index contributed by atoms with van der Waals surface area (Å²) < 4.78 is 29.3. The maximum Gasteiger partial charge on any atom is 0.253 e. The van der Waals surface area contributed by atoms with Gasteiger partial charge >= 0.3 is 0 Å². The molecule has 0 aliphatic carbocycles. The third-order valence-corrected chi connectivity index (χ3v) is 7.57. The molecular formula is C24H28N4O3S. The first kappa shape index (κ1) is 22.2. The van der Waals surface area contributed by atoms with Crippen molar-refractivity contribution in [1.29, 1.82) is 0 Å². The molecular weight excluding hydrogens is 424 g/mol. The van der Waals surface area contributed by atoms with Crippen LogP contribution in [0.5, 0.6) is 0 Å². The second kappa shape index (κ2) is 9.67. The van der Waals surface area contributed by atoms with E-state index in [1.807, 2.05) is 41.2 Å². The summed E-state index contributed by atoms with van der Waals surface area (Å²) in [6.07, 6.45) is 6.48. The highest BCUT2D eigenvalue weighted by atomic mass is 32.2. The summed E-state index contributed by atoms with van der Waals surface area (Å²) in [6, 6.07) is 16.4. The van der Waals surface area contributed by atoms with Gasteiger partial charge in [0.15, 0.2) is 0 Å². The summed E-state index contributed by atoms with van der Waals surface area (Å²) in [5.74, 6) is -0.225. The Balaban J connectivity index is 1.44. The van der Waals surface area contributed by atoms with Gasteiger partial charge in [0.25, 0.3) is 5.91 Å². The number of carbonyl (C=O) groups excluding carboxylic acids is 1. The number of carbonyl (C=O) groups is 1. The molecule has 1 aliphatic rings. The topological polar surface area (TPSA) is 75.5 Å². The molecule has 1 saturated heterocycles. The molecule has 3 aromatic rings. The minimum absolute atomic E-state index is 0.175. The van der Waals surface area contributed by atoms with E-state index < -0.39 is 10.0 Å². The summed E-state index contributed by atoms with van der Waals surface area (Å²) in [7, 11) is -1.87. The first-order valence-electron chi connectivity index (χ1n) is 10.8. The molecule has 1 fully saturated rings. The molecule has 7 nitrogen and oxygen atoms in total. The second-order valence-electron chi connectivity index (χ2n) is 8.19.